The Morgan fingerprint density at radius 1 is 1.55 bits per heavy atom. The molecule has 3 atom stereocenters. The van der Waals surface area contributed by atoms with E-state index in [0.29, 0.717) is 0 Å². The Morgan fingerprint density at radius 3 is 2.91 bits per heavy atom. The summed E-state index contributed by atoms with van der Waals surface area (Å²) in [5.74, 6) is 2.07. The lowest BCUT2D eigenvalue weighted by Gasteiger charge is -2.15. The van der Waals surface area contributed by atoms with Crippen molar-refractivity contribution in [2.45, 2.75) is 39.0 Å². The van der Waals surface area contributed by atoms with E-state index < -0.39 is 0 Å². The second-order valence-corrected chi connectivity index (χ2v) is 4.49. The molecule has 0 heteroatoms. The molecule has 2 fully saturated rings. The smallest absolute Gasteiger partial charge is 0.0260 e. The molecule has 0 amide bonds. The molecule has 0 aromatic heterocycles. The summed E-state index contributed by atoms with van der Waals surface area (Å²) in [5.41, 5.74) is 0.742. The van der Waals surface area contributed by atoms with Crippen molar-refractivity contribution in [2.75, 3.05) is 0 Å². The summed E-state index contributed by atoms with van der Waals surface area (Å²) in [7, 11) is 0. The summed E-state index contributed by atoms with van der Waals surface area (Å²) < 4.78 is 0. The summed E-state index contributed by atoms with van der Waals surface area (Å²) in [6.45, 7) is 6.31. The molecule has 2 rings (SSSR count). The van der Waals surface area contributed by atoms with Crippen molar-refractivity contribution in [3.05, 3.63) is 12.7 Å². The van der Waals surface area contributed by atoms with Crippen molar-refractivity contribution < 1.29 is 0 Å². The fourth-order valence-corrected chi connectivity index (χ4v) is 3.15. The highest BCUT2D eigenvalue weighted by atomic mass is 14.6. The molecule has 0 unspecified atom stereocenters. The second kappa shape index (κ2) is 2.36. The molecular formula is C11H18. The van der Waals surface area contributed by atoms with Crippen LogP contribution in [-0.2, 0) is 0 Å². The molecule has 2 saturated carbocycles. The normalized spacial score (nSPS) is 48.1. The maximum absolute atomic E-state index is 3.83. The Balaban J connectivity index is 2.00. The monoisotopic (exact) mass is 150 g/mol. The first kappa shape index (κ1) is 7.39. The van der Waals surface area contributed by atoms with Gasteiger partial charge in [-0.2, -0.15) is 0 Å². The SMILES string of the molecule is C=CC[C@@H]1[C@H]2CCCC[C@@]12C. The van der Waals surface area contributed by atoms with E-state index >= 15 is 0 Å². The van der Waals surface area contributed by atoms with Gasteiger partial charge >= 0.3 is 0 Å². The molecule has 0 saturated heterocycles. The van der Waals surface area contributed by atoms with Crippen LogP contribution in [0.25, 0.3) is 0 Å². The largest absolute Gasteiger partial charge is 0.103 e. The minimum atomic E-state index is 0.742. The molecule has 0 spiro atoms. The third-order valence-electron chi connectivity index (χ3n) is 3.97. The van der Waals surface area contributed by atoms with E-state index in [2.05, 4.69) is 19.6 Å². The van der Waals surface area contributed by atoms with Crippen molar-refractivity contribution in [3.63, 3.8) is 0 Å². The predicted molar refractivity (Wildman–Crippen MR) is 48.4 cm³/mol. The predicted octanol–water partition coefficient (Wildman–Crippen LogP) is 3.39. The first-order valence-corrected chi connectivity index (χ1v) is 4.90. The van der Waals surface area contributed by atoms with Gasteiger partial charge in [-0.15, -0.1) is 6.58 Å². The van der Waals surface area contributed by atoms with Gasteiger partial charge in [0.1, 0.15) is 0 Å². The molecule has 0 bridgehead atoms. The molecular weight excluding hydrogens is 132 g/mol. The molecule has 0 nitrogen and oxygen atoms in total. The van der Waals surface area contributed by atoms with E-state index in [0.717, 1.165) is 17.3 Å². The fraction of sp³-hybridized carbons (Fsp3) is 0.818. The molecule has 2 aliphatic carbocycles. The zero-order chi connectivity index (χ0) is 7.90. The number of hydrogen-bond acceptors (Lipinski definition) is 0. The number of allylic oxidation sites excluding steroid dienone is 1. The Bertz CT molecular complexity index is 171. The number of fused-ring (bicyclic) bond motifs is 1. The van der Waals surface area contributed by atoms with Gasteiger partial charge in [0.25, 0.3) is 0 Å². The maximum atomic E-state index is 3.83. The van der Waals surface area contributed by atoms with E-state index in [4.69, 9.17) is 0 Å². The van der Waals surface area contributed by atoms with Crippen LogP contribution in [0.2, 0.25) is 0 Å². The quantitative estimate of drug-likeness (QED) is 0.529. The highest BCUT2D eigenvalue weighted by Crippen LogP contribution is 2.67. The standard InChI is InChI=1S/C11H18/c1-3-6-9-10-7-4-5-8-11(9,10)2/h3,9-10H,1,4-8H2,2H3/t9-,10-,11+/m1/s1. The Morgan fingerprint density at radius 2 is 2.36 bits per heavy atom. The van der Waals surface area contributed by atoms with Crippen LogP contribution < -0.4 is 0 Å². The summed E-state index contributed by atoms with van der Waals surface area (Å²) in [6, 6.07) is 0. The topological polar surface area (TPSA) is 0 Å². The van der Waals surface area contributed by atoms with Gasteiger partial charge in [-0.25, -0.2) is 0 Å². The first-order chi connectivity index (χ1) is 5.29. The van der Waals surface area contributed by atoms with E-state index in [9.17, 15) is 0 Å². The molecule has 0 radical (unpaired) electrons. The van der Waals surface area contributed by atoms with Crippen molar-refractivity contribution in [3.8, 4) is 0 Å². The Labute approximate surface area is 69.7 Å². The minimum Gasteiger partial charge on any atom is -0.103 e. The third kappa shape index (κ3) is 0.953. The summed E-state index contributed by atoms with van der Waals surface area (Å²) in [6.07, 6.45) is 9.30. The van der Waals surface area contributed by atoms with Crippen LogP contribution in [0.3, 0.4) is 0 Å². The van der Waals surface area contributed by atoms with Gasteiger partial charge in [-0.1, -0.05) is 25.8 Å². The van der Waals surface area contributed by atoms with Crippen LogP contribution in [0.4, 0.5) is 0 Å². The van der Waals surface area contributed by atoms with Crippen LogP contribution in [-0.4, -0.2) is 0 Å². The average Bonchev–Trinajstić information content (AvgIpc) is 2.58. The van der Waals surface area contributed by atoms with Crippen LogP contribution in [0, 0.1) is 17.3 Å². The summed E-state index contributed by atoms with van der Waals surface area (Å²) in [5, 5.41) is 0. The second-order valence-electron chi connectivity index (χ2n) is 4.49. The van der Waals surface area contributed by atoms with Gasteiger partial charge in [0, 0.05) is 0 Å². The zero-order valence-electron chi connectivity index (χ0n) is 7.47. The van der Waals surface area contributed by atoms with Crippen molar-refractivity contribution in [1.82, 2.24) is 0 Å². The van der Waals surface area contributed by atoms with Gasteiger partial charge in [-0.3, -0.25) is 0 Å². The van der Waals surface area contributed by atoms with Gasteiger partial charge in [0.05, 0.1) is 0 Å². The van der Waals surface area contributed by atoms with Crippen LogP contribution in [0.1, 0.15) is 39.0 Å². The molecule has 0 aliphatic heterocycles. The van der Waals surface area contributed by atoms with Gasteiger partial charge < -0.3 is 0 Å². The molecule has 0 heterocycles. The Kier molecular flexibility index (Phi) is 1.59. The van der Waals surface area contributed by atoms with Crippen molar-refractivity contribution in [2.24, 2.45) is 17.3 Å². The average molecular weight is 150 g/mol. The van der Waals surface area contributed by atoms with Crippen molar-refractivity contribution in [1.29, 1.82) is 0 Å². The lowest BCUT2D eigenvalue weighted by atomic mass is 9.90. The van der Waals surface area contributed by atoms with E-state index in [1.165, 1.54) is 32.1 Å². The Hall–Kier alpha value is -0.260. The molecule has 0 N–H and O–H groups in total. The van der Waals surface area contributed by atoms with Crippen LogP contribution >= 0.6 is 0 Å². The molecule has 2 aliphatic rings. The highest BCUT2D eigenvalue weighted by molar-refractivity contribution is 5.10. The third-order valence-corrected chi connectivity index (χ3v) is 3.97. The van der Waals surface area contributed by atoms with Crippen molar-refractivity contribution >= 4 is 0 Å². The van der Waals surface area contributed by atoms with Crippen LogP contribution in [0.5, 0.6) is 0 Å². The summed E-state index contributed by atoms with van der Waals surface area (Å²) in [4.78, 5) is 0. The maximum Gasteiger partial charge on any atom is -0.0260 e. The molecule has 0 aromatic carbocycles. The molecule has 11 heavy (non-hydrogen) atoms. The van der Waals surface area contributed by atoms with E-state index in [1.807, 2.05) is 0 Å². The lowest BCUT2D eigenvalue weighted by Crippen LogP contribution is -2.04. The highest BCUT2D eigenvalue weighted by Gasteiger charge is 2.59. The first-order valence-electron chi connectivity index (χ1n) is 4.90. The van der Waals surface area contributed by atoms with Gasteiger partial charge in [0.2, 0.25) is 0 Å². The zero-order valence-corrected chi connectivity index (χ0v) is 7.47. The minimum absolute atomic E-state index is 0.742. The molecule has 62 valence electrons. The van der Waals surface area contributed by atoms with Gasteiger partial charge in [-0.05, 0) is 36.5 Å². The lowest BCUT2D eigenvalue weighted by molar-refractivity contribution is 0.359. The number of hydrogen-bond donors (Lipinski definition) is 0. The van der Waals surface area contributed by atoms with Gasteiger partial charge in [0.15, 0.2) is 0 Å². The van der Waals surface area contributed by atoms with E-state index in [-0.39, 0.29) is 0 Å². The van der Waals surface area contributed by atoms with Crippen LogP contribution in [0.15, 0.2) is 12.7 Å². The summed E-state index contributed by atoms with van der Waals surface area (Å²) >= 11 is 0. The van der Waals surface area contributed by atoms with E-state index in [1.54, 1.807) is 0 Å². The fourth-order valence-electron chi connectivity index (χ4n) is 3.15. The number of rotatable bonds is 2. The molecule has 0 aromatic rings.